The molecule has 0 unspecified atom stereocenters. The van der Waals surface area contributed by atoms with Crippen molar-refractivity contribution in [1.29, 1.82) is 0 Å². The number of nitrogens with one attached hydrogen (secondary N) is 1. The summed E-state index contributed by atoms with van der Waals surface area (Å²) in [6, 6.07) is 3.14. The molecule has 1 aromatic carbocycles. The number of anilines is 1. The number of rotatable bonds is 1. The Labute approximate surface area is 131 Å². The molecule has 1 atom stereocenters. The summed E-state index contributed by atoms with van der Waals surface area (Å²) in [4.78, 5) is 12.7. The number of hydrogen-bond acceptors (Lipinski definition) is 2. The Morgan fingerprint density at radius 1 is 1.43 bits per heavy atom. The minimum Gasteiger partial charge on any atom is -0.392 e. The summed E-state index contributed by atoms with van der Waals surface area (Å²) in [6.45, 7) is -0.328. The van der Waals surface area contributed by atoms with Gasteiger partial charge in [-0.1, -0.05) is 24.0 Å². The minimum atomic E-state index is -4.75. The molecule has 0 saturated heterocycles. The second kappa shape index (κ2) is 5.17. The van der Waals surface area contributed by atoms with E-state index in [1.54, 1.807) is 0 Å². The molecule has 2 amide bonds. The molecular weight excluding hydrogens is 309 g/mol. The van der Waals surface area contributed by atoms with Gasteiger partial charge in [0.15, 0.2) is 0 Å². The lowest BCUT2D eigenvalue weighted by molar-refractivity contribution is -0.203. The van der Waals surface area contributed by atoms with Crippen molar-refractivity contribution in [2.24, 2.45) is 5.92 Å². The maximum atomic E-state index is 14.0. The zero-order chi connectivity index (χ0) is 16.8. The van der Waals surface area contributed by atoms with Gasteiger partial charge in [-0.25, -0.2) is 4.79 Å². The molecule has 2 aliphatic rings. The van der Waals surface area contributed by atoms with Crippen LogP contribution < -0.4 is 5.32 Å². The van der Waals surface area contributed by atoms with Crippen LogP contribution in [-0.4, -0.2) is 29.3 Å². The molecule has 122 valence electrons. The molecule has 7 heteroatoms. The third-order valence-electron chi connectivity index (χ3n) is 4.15. The number of alkyl halides is 3. The summed E-state index contributed by atoms with van der Waals surface area (Å²) in [6.07, 6.45) is -3.18. The number of halogens is 3. The van der Waals surface area contributed by atoms with Gasteiger partial charge >= 0.3 is 12.2 Å². The lowest BCUT2D eigenvalue weighted by Crippen LogP contribution is -2.59. The summed E-state index contributed by atoms with van der Waals surface area (Å²) in [7, 11) is 1.09. The molecule has 1 fully saturated rings. The van der Waals surface area contributed by atoms with Gasteiger partial charge in [-0.2, -0.15) is 13.2 Å². The predicted octanol–water partition coefficient (Wildman–Crippen LogP) is 2.83. The monoisotopic (exact) mass is 324 g/mol. The predicted molar refractivity (Wildman–Crippen MR) is 77.4 cm³/mol. The van der Waals surface area contributed by atoms with Crippen LogP contribution in [0.5, 0.6) is 0 Å². The highest BCUT2D eigenvalue weighted by atomic mass is 19.4. The molecule has 0 bridgehead atoms. The molecule has 23 heavy (non-hydrogen) atoms. The first-order valence-corrected chi connectivity index (χ1v) is 7.18. The number of carbonyl (C=O) groups excluding carboxylic acids is 1. The third kappa shape index (κ3) is 2.43. The number of hydrogen-bond donors (Lipinski definition) is 2. The van der Waals surface area contributed by atoms with E-state index in [0.29, 0.717) is 10.5 Å². The van der Waals surface area contributed by atoms with Gasteiger partial charge in [-0.05, 0) is 24.5 Å². The van der Waals surface area contributed by atoms with Crippen molar-refractivity contribution in [3.05, 3.63) is 29.3 Å². The third-order valence-corrected chi connectivity index (χ3v) is 4.15. The van der Waals surface area contributed by atoms with Crippen LogP contribution in [0.25, 0.3) is 0 Å². The smallest absolute Gasteiger partial charge is 0.392 e. The van der Waals surface area contributed by atoms with Gasteiger partial charge in [0.2, 0.25) is 5.54 Å². The van der Waals surface area contributed by atoms with Crippen LogP contribution in [0.3, 0.4) is 0 Å². The maximum Gasteiger partial charge on any atom is 0.427 e. The van der Waals surface area contributed by atoms with Crippen molar-refractivity contribution in [1.82, 2.24) is 4.90 Å². The summed E-state index contributed by atoms with van der Waals surface area (Å²) in [5.74, 6) is 4.96. The molecule has 1 aromatic rings. The first-order valence-electron chi connectivity index (χ1n) is 7.18. The Kier molecular flexibility index (Phi) is 3.52. The molecular formula is C16H15F3N2O2. The summed E-state index contributed by atoms with van der Waals surface area (Å²) in [5.41, 5.74) is -2.36. The Balaban J connectivity index is 2.25. The van der Waals surface area contributed by atoms with Crippen molar-refractivity contribution in [3.63, 3.8) is 0 Å². The summed E-state index contributed by atoms with van der Waals surface area (Å²) < 4.78 is 41.9. The van der Waals surface area contributed by atoms with E-state index < -0.39 is 17.7 Å². The molecule has 0 spiro atoms. The van der Waals surface area contributed by atoms with E-state index in [1.165, 1.54) is 18.2 Å². The van der Waals surface area contributed by atoms with Gasteiger partial charge in [-0.15, -0.1) is 0 Å². The number of amides is 2. The first-order chi connectivity index (χ1) is 10.8. The van der Waals surface area contributed by atoms with Crippen LogP contribution in [0.1, 0.15) is 24.0 Å². The average molecular weight is 324 g/mol. The summed E-state index contributed by atoms with van der Waals surface area (Å²) >= 11 is 0. The van der Waals surface area contributed by atoms with Crippen LogP contribution in [0, 0.1) is 17.8 Å². The quantitative estimate of drug-likeness (QED) is 0.781. The highest BCUT2D eigenvalue weighted by molar-refractivity contribution is 5.94. The highest BCUT2D eigenvalue weighted by Crippen LogP contribution is 2.48. The van der Waals surface area contributed by atoms with E-state index in [0.717, 1.165) is 19.9 Å². The molecule has 2 N–H and O–H groups in total. The second-order valence-electron chi connectivity index (χ2n) is 5.78. The van der Waals surface area contributed by atoms with Crippen LogP contribution in [-0.2, 0) is 12.1 Å². The first kappa shape index (κ1) is 15.7. The standard InChI is InChI=1S/C16H15F3N2O2/c1-21-14(23)20-13-8-11(9-22)4-5-12(13)15(21,16(17,18)19)7-6-10-2-3-10/h4-5,8,10,22H,2-3,9H2,1H3,(H,20,23)/t15-/m0/s1. The van der Waals surface area contributed by atoms with E-state index in [2.05, 4.69) is 17.2 Å². The number of fused-ring (bicyclic) bond motifs is 1. The second-order valence-corrected chi connectivity index (χ2v) is 5.78. The molecule has 4 nitrogen and oxygen atoms in total. The molecule has 1 aliphatic carbocycles. The van der Waals surface area contributed by atoms with E-state index >= 15 is 0 Å². The fraction of sp³-hybridized carbons (Fsp3) is 0.438. The van der Waals surface area contributed by atoms with Gasteiger partial charge < -0.3 is 10.4 Å². The number of aliphatic hydroxyl groups is 1. The number of aliphatic hydroxyl groups excluding tert-OH is 1. The number of urea groups is 1. The van der Waals surface area contributed by atoms with Gasteiger partial charge in [0.05, 0.1) is 6.61 Å². The van der Waals surface area contributed by atoms with Crippen LogP contribution >= 0.6 is 0 Å². The number of carbonyl (C=O) groups is 1. The number of nitrogens with zero attached hydrogens (tertiary/aromatic N) is 1. The Morgan fingerprint density at radius 2 is 2.13 bits per heavy atom. The molecule has 1 aliphatic heterocycles. The van der Waals surface area contributed by atoms with Crippen LogP contribution in [0.4, 0.5) is 23.7 Å². The van der Waals surface area contributed by atoms with Crippen molar-refractivity contribution in [3.8, 4) is 11.8 Å². The normalized spacial score (nSPS) is 23.7. The molecule has 1 saturated carbocycles. The van der Waals surface area contributed by atoms with Crippen LogP contribution in [0.2, 0.25) is 0 Å². The van der Waals surface area contributed by atoms with Crippen molar-refractivity contribution in [2.45, 2.75) is 31.2 Å². The average Bonchev–Trinajstić information content (AvgIpc) is 3.30. The molecule has 1 heterocycles. The fourth-order valence-corrected chi connectivity index (χ4v) is 2.64. The molecule has 0 radical (unpaired) electrons. The van der Waals surface area contributed by atoms with E-state index in [9.17, 15) is 18.0 Å². The number of benzene rings is 1. The SMILES string of the molecule is CN1C(=O)Nc2cc(CO)ccc2[C@@]1(C#CC1CC1)C(F)(F)F. The largest absolute Gasteiger partial charge is 0.427 e. The zero-order valence-electron chi connectivity index (χ0n) is 12.4. The minimum absolute atomic E-state index is 0.0297. The Hall–Kier alpha value is -2.20. The summed E-state index contributed by atoms with van der Waals surface area (Å²) in [5, 5.41) is 11.6. The molecule has 3 rings (SSSR count). The topological polar surface area (TPSA) is 52.6 Å². The van der Waals surface area contributed by atoms with Gasteiger partial charge in [0.25, 0.3) is 0 Å². The maximum absolute atomic E-state index is 14.0. The Morgan fingerprint density at radius 3 is 2.70 bits per heavy atom. The lowest BCUT2D eigenvalue weighted by atomic mass is 9.84. The van der Waals surface area contributed by atoms with Crippen molar-refractivity contribution < 1.29 is 23.1 Å². The van der Waals surface area contributed by atoms with E-state index in [1.807, 2.05) is 0 Å². The van der Waals surface area contributed by atoms with E-state index in [4.69, 9.17) is 5.11 Å². The fourth-order valence-electron chi connectivity index (χ4n) is 2.64. The van der Waals surface area contributed by atoms with Gasteiger partial charge in [-0.3, -0.25) is 4.90 Å². The van der Waals surface area contributed by atoms with Gasteiger partial charge in [0, 0.05) is 24.2 Å². The van der Waals surface area contributed by atoms with Crippen molar-refractivity contribution in [2.75, 3.05) is 12.4 Å². The highest BCUT2D eigenvalue weighted by Gasteiger charge is 2.62. The lowest BCUT2D eigenvalue weighted by Gasteiger charge is -2.43. The van der Waals surface area contributed by atoms with E-state index in [-0.39, 0.29) is 23.8 Å². The van der Waals surface area contributed by atoms with Crippen LogP contribution in [0.15, 0.2) is 18.2 Å². The van der Waals surface area contributed by atoms with Gasteiger partial charge in [0.1, 0.15) is 0 Å². The van der Waals surface area contributed by atoms with Crippen molar-refractivity contribution >= 4 is 11.7 Å². The molecule has 0 aromatic heterocycles. The Bertz CT molecular complexity index is 716. The zero-order valence-corrected chi connectivity index (χ0v) is 12.4.